The normalized spacial score (nSPS) is 19.2. The van der Waals surface area contributed by atoms with Crippen LogP contribution < -0.4 is 4.74 Å². The zero-order chi connectivity index (χ0) is 10.4. The zero-order valence-corrected chi connectivity index (χ0v) is 9.31. The SMILES string of the molecule is OC[C@@H]1Cc2c(ccc3nc(Cl)sc23)O1. The van der Waals surface area contributed by atoms with Gasteiger partial charge < -0.3 is 9.84 Å². The fourth-order valence-electron chi connectivity index (χ4n) is 1.86. The molecule has 2 heterocycles. The predicted molar refractivity (Wildman–Crippen MR) is 59.8 cm³/mol. The number of nitrogens with zero attached hydrogens (tertiary/aromatic N) is 1. The van der Waals surface area contributed by atoms with Crippen LogP contribution in [0.5, 0.6) is 5.75 Å². The lowest BCUT2D eigenvalue weighted by atomic mass is 10.1. The molecule has 1 atom stereocenters. The van der Waals surface area contributed by atoms with Gasteiger partial charge in [0.1, 0.15) is 11.9 Å². The molecule has 5 heteroatoms. The maximum absolute atomic E-state index is 9.05. The fourth-order valence-corrected chi connectivity index (χ4v) is 3.02. The first-order valence-electron chi connectivity index (χ1n) is 4.63. The van der Waals surface area contributed by atoms with Gasteiger partial charge in [-0.05, 0) is 12.1 Å². The Bertz CT molecular complexity index is 525. The zero-order valence-electron chi connectivity index (χ0n) is 7.74. The molecule has 1 aliphatic rings. The van der Waals surface area contributed by atoms with Crippen LogP contribution in [-0.4, -0.2) is 22.8 Å². The van der Waals surface area contributed by atoms with Crippen molar-refractivity contribution in [1.29, 1.82) is 0 Å². The lowest BCUT2D eigenvalue weighted by Gasteiger charge is -2.04. The number of aliphatic hydroxyl groups excluding tert-OH is 1. The lowest BCUT2D eigenvalue weighted by molar-refractivity contribution is 0.134. The van der Waals surface area contributed by atoms with E-state index in [9.17, 15) is 0 Å². The Morgan fingerprint density at radius 1 is 1.60 bits per heavy atom. The Kier molecular flexibility index (Phi) is 2.09. The average Bonchev–Trinajstić information content (AvgIpc) is 2.78. The highest BCUT2D eigenvalue weighted by molar-refractivity contribution is 7.22. The minimum Gasteiger partial charge on any atom is -0.487 e. The molecule has 0 spiro atoms. The highest BCUT2D eigenvalue weighted by Gasteiger charge is 2.25. The molecule has 1 N–H and O–H groups in total. The molecule has 1 aromatic carbocycles. The summed E-state index contributed by atoms with van der Waals surface area (Å²) in [6.07, 6.45) is 0.619. The van der Waals surface area contributed by atoms with Crippen molar-refractivity contribution < 1.29 is 9.84 Å². The molecule has 0 amide bonds. The quantitative estimate of drug-likeness (QED) is 0.833. The standard InChI is InChI=1S/C10H8ClNO2S/c11-10-12-7-1-2-8-6(9(7)15-10)3-5(4-13)14-8/h1-2,5,13H,3-4H2/t5-/m0/s1. The molecule has 3 nitrogen and oxygen atoms in total. The van der Waals surface area contributed by atoms with Crippen LogP contribution in [0.15, 0.2) is 12.1 Å². The van der Waals surface area contributed by atoms with Gasteiger partial charge in [0, 0.05) is 12.0 Å². The molecule has 1 aliphatic heterocycles. The molecule has 15 heavy (non-hydrogen) atoms. The minimum absolute atomic E-state index is 0.0444. The van der Waals surface area contributed by atoms with Crippen molar-refractivity contribution in [2.45, 2.75) is 12.5 Å². The number of hydrogen-bond donors (Lipinski definition) is 1. The van der Waals surface area contributed by atoms with Crippen LogP contribution >= 0.6 is 22.9 Å². The largest absolute Gasteiger partial charge is 0.487 e. The molecule has 0 saturated heterocycles. The molecule has 78 valence electrons. The summed E-state index contributed by atoms with van der Waals surface area (Å²) in [4.78, 5) is 4.21. The monoisotopic (exact) mass is 241 g/mol. The van der Waals surface area contributed by atoms with Crippen molar-refractivity contribution in [2.75, 3.05) is 6.61 Å². The van der Waals surface area contributed by atoms with E-state index in [1.807, 2.05) is 12.1 Å². The molecule has 3 rings (SSSR count). The van der Waals surface area contributed by atoms with Crippen LogP contribution in [0.25, 0.3) is 10.2 Å². The summed E-state index contributed by atoms with van der Waals surface area (Å²) in [5.74, 6) is 0.849. The van der Waals surface area contributed by atoms with E-state index >= 15 is 0 Å². The first kappa shape index (κ1) is 9.39. The van der Waals surface area contributed by atoms with Crippen molar-refractivity contribution >= 4 is 33.2 Å². The van der Waals surface area contributed by atoms with Crippen LogP contribution in [0.2, 0.25) is 4.47 Å². The van der Waals surface area contributed by atoms with E-state index in [2.05, 4.69) is 4.98 Å². The number of halogens is 1. The summed E-state index contributed by atoms with van der Waals surface area (Å²) in [5, 5.41) is 9.05. The lowest BCUT2D eigenvalue weighted by Crippen LogP contribution is -2.17. The van der Waals surface area contributed by atoms with Crippen molar-refractivity contribution in [3.8, 4) is 5.75 Å². The summed E-state index contributed by atoms with van der Waals surface area (Å²) >= 11 is 7.33. The van der Waals surface area contributed by atoms with Crippen LogP contribution in [0.1, 0.15) is 5.56 Å². The minimum atomic E-state index is -0.119. The summed E-state index contributed by atoms with van der Waals surface area (Å²) in [6, 6.07) is 3.79. The Morgan fingerprint density at radius 3 is 3.27 bits per heavy atom. The van der Waals surface area contributed by atoms with Crippen LogP contribution in [0.4, 0.5) is 0 Å². The number of fused-ring (bicyclic) bond motifs is 3. The van der Waals surface area contributed by atoms with Crippen LogP contribution in [-0.2, 0) is 6.42 Å². The summed E-state index contributed by atoms with van der Waals surface area (Å²) in [5.41, 5.74) is 2.03. The van der Waals surface area contributed by atoms with E-state index in [0.29, 0.717) is 4.47 Å². The Hall–Kier alpha value is -0.840. The Morgan fingerprint density at radius 2 is 2.47 bits per heavy atom. The smallest absolute Gasteiger partial charge is 0.184 e. The van der Waals surface area contributed by atoms with Gasteiger partial charge in [0.05, 0.1) is 16.8 Å². The first-order chi connectivity index (χ1) is 7.28. The van der Waals surface area contributed by atoms with Crippen molar-refractivity contribution in [1.82, 2.24) is 4.98 Å². The molecular formula is C10H8ClNO2S. The number of hydrogen-bond acceptors (Lipinski definition) is 4. The Balaban J connectivity index is 2.20. The van der Waals surface area contributed by atoms with Gasteiger partial charge in [0.25, 0.3) is 0 Å². The summed E-state index contributed by atoms with van der Waals surface area (Å²) in [7, 11) is 0. The maximum Gasteiger partial charge on any atom is 0.184 e. The van der Waals surface area contributed by atoms with Crippen molar-refractivity contribution in [3.05, 3.63) is 22.2 Å². The molecule has 2 aromatic rings. The second-order valence-electron chi connectivity index (χ2n) is 3.48. The van der Waals surface area contributed by atoms with E-state index in [4.69, 9.17) is 21.4 Å². The van der Waals surface area contributed by atoms with E-state index < -0.39 is 0 Å². The van der Waals surface area contributed by atoms with Gasteiger partial charge >= 0.3 is 0 Å². The van der Waals surface area contributed by atoms with Crippen molar-refractivity contribution in [2.24, 2.45) is 0 Å². The van der Waals surface area contributed by atoms with Gasteiger partial charge in [0.15, 0.2) is 4.47 Å². The number of ether oxygens (including phenoxy) is 1. The second-order valence-corrected chi connectivity index (χ2v) is 5.07. The van der Waals surface area contributed by atoms with E-state index in [1.54, 1.807) is 0 Å². The van der Waals surface area contributed by atoms with E-state index in [1.165, 1.54) is 11.3 Å². The second kappa shape index (κ2) is 3.33. The number of benzene rings is 1. The van der Waals surface area contributed by atoms with Crippen LogP contribution in [0.3, 0.4) is 0 Å². The molecular weight excluding hydrogens is 234 g/mol. The first-order valence-corrected chi connectivity index (χ1v) is 5.83. The van der Waals surface area contributed by atoms with Gasteiger partial charge in [-0.2, -0.15) is 0 Å². The van der Waals surface area contributed by atoms with Gasteiger partial charge in [-0.25, -0.2) is 4.98 Å². The molecule has 0 unspecified atom stereocenters. The maximum atomic E-state index is 9.05. The third-order valence-corrected chi connectivity index (χ3v) is 3.76. The molecule has 0 fully saturated rings. The average molecular weight is 242 g/mol. The topological polar surface area (TPSA) is 42.4 Å². The number of rotatable bonds is 1. The van der Waals surface area contributed by atoms with Gasteiger partial charge in [0.2, 0.25) is 0 Å². The number of aromatic nitrogens is 1. The fraction of sp³-hybridized carbons (Fsp3) is 0.300. The highest BCUT2D eigenvalue weighted by atomic mass is 35.5. The Labute approximate surface area is 95.3 Å². The molecule has 0 aliphatic carbocycles. The number of thiazole rings is 1. The third kappa shape index (κ3) is 1.40. The molecule has 0 saturated carbocycles. The van der Waals surface area contributed by atoms with Crippen LogP contribution in [0, 0.1) is 0 Å². The van der Waals surface area contributed by atoms with Gasteiger partial charge in [-0.3, -0.25) is 0 Å². The summed E-state index contributed by atoms with van der Waals surface area (Å²) < 4.78 is 7.18. The van der Waals surface area contributed by atoms with Gasteiger partial charge in [-0.1, -0.05) is 11.6 Å². The predicted octanol–water partition coefficient (Wildman–Crippen LogP) is 2.25. The molecule has 1 aromatic heterocycles. The highest BCUT2D eigenvalue weighted by Crippen LogP contribution is 2.38. The van der Waals surface area contributed by atoms with E-state index in [-0.39, 0.29) is 12.7 Å². The molecule has 0 bridgehead atoms. The van der Waals surface area contributed by atoms with E-state index in [0.717, 1.165) is 28.0 Å². The molecule has 0 radical (unpaired) electrons. The number of aliphatic hydroxyl groups is 1. The van der Waals surface area contributed by atoms with Crippen molar-refractivity contribution in [3.63, 3.8) is 0 Å². The third-order valence-electron chi connectivity index (χ3n) is 2.52. The van der Waals surface area contributed by atoms with Gasteiger partial charge in [-0.15, -0.1) is 11.3 Å². The summed E-state index contributed by atoms with van der Waals surface area (Å²) in [6.45, 7) is 0.0444.